The van der Waals surface area contributed by atoms with Crippen LogP contribution in [0.3, 0.4) is 0 Å². The van der Waals surface area contributed by atoms with Crippen molar-refractivity contribution in [2.24, 2.45) is 0 Å². The van der Waals surface area contributed by atoms with Gasteiger partial charge in [0.05, 0.1) is 5.69 Å². The molecule has 2 nitrogen and oxygen atoms in total. The van der Waals surface area contributed by atoms with Gasteiger partial charge in [0, 0.05) is 6.42 Å². The number of nitrogens with zero attached hydrogens (tertiary/aromatic N) is 1. The van der Waals surface area contributed by atoms with E-state index in [2.05, 4.69) is 56.2 Å². The van der Waals surface area contributed by atoms with Crippen LogP contribution in [0, 0.1) is 6.92 Å². The average molecular weight is 279 g/mol. The highest BCUT2D eigenvalue weighted by Crippen LogP contribution is 2.13. The third kappa shape index (κ3) is 2.95. The van der Waals surface area contributed by atoms with Crippen molar-refractivity contribution in [2.75, 3.05) is 0 Å². The lowest BCUT2D eigenvalue weighted by Crippen LogP contribution is -1.92. The van der Waals surface area contributed by atoms with E-state index in [1.165, 1.54) is 5.56 Å². The normalized spacial score (nSPS) is 10.6. The Balaban J connectivity index is 1.84. The van der Waals surface area contributed by atoms with E-state index in [4.69, 9.17) is 0 Å². The van der Waals surface area contributed by atoms with Gasteiger partial charge in [0.25, 0.3) is 0 Å². The second kappa shape index (κ2) is 5.30. The molecule has 0 saturated heterocycles. The number of hydrogen-bond acceptors (Lipinski definition) is 1. The molecule has 16 heavy (non-hydrogen) atoms. The molecule has 0 amide bonds. The van der Waals surface area contributed by atoms with Crippen molar-refractivity contribution >= 4 is 15.9 Å². The SMILES string of the molecule is Cc1nc(CCCc2ccccc2)[nH]c1Br. The predicted molar refractivity (Wildman–Crippen MR) is 69.5 cm³/mol. The first-order chi connectivity index (χ1) is 7.75. The van der Waals surface area contributed by atoms with Gasteiger partial charge in [0.1, 0.15) is 10.4 Å². The first kappa shape index (κ1) is 11.4. The number of imidazole rings is 1. The van der Waals surface area contributed by atoms with Crippen LogP contribution in [-0.2, 0) is 12.8 Å². The van der Waals surface area contributed by atoms with Crippen LogP contribution in [0.2, 0.25) is 0 Å². The van der Waals surface area contributed by atoms with Gasteiger partial charge < -0.3 is 4.98 Å². The van der Waals surface area contributed by atoms with E-state index in [9.17, 15) is 0 Å². The number of H-pyrrole nitrogens is 1. The lowest BCUT2D eigenvalue weighted by molar-refractivity contribution is 0.781. The minimum atomic E-state index is 1.00. The molecule has 0 fully saturated rings. The quantitative estimate of drug-likeness (QED) is 0.909. The Morgan fingerprint density at radius 1 is 1.19 bits per heavy atom. The Morgan fingerprint density at radius 3 is 2.56 bits per heavy atom. The summed E-state index contributed by atoms with van der Waals surface area (Å²) in [6, 6.07) is 10.6. The van der Waals surface area contributed by atoms with Crippen molar-refractivity contribution in [1.82, 2.24) is 9.97 Å². The highest BCUT2D eigenvalue weighted by molar-refractivity contribution is 9.10. The summed E-state index contributed by atoms with van der Waals surface area (Å²) in [5, 5.41) is 0. The smallest absolute Gasteiger partial charge is 0.107 e. The molecule has 1 heterocycles. The van der Waals surface area contributed by atoms with Gasteiger partial charge in [-0.1, -0.05) is 30.3 Å². The third-order valence-electron chi connectivity index (χ3n) is 2.60. The molecule has 0 radical (unpaired) electrons. The van der Waals surface area contributed by atoms with Gasteiger partial charge in [-0.05, 0) is 41.3 Å². The third-order valence-corrected chi connectivity index (χ3v) is 3.37. The van der Waals surface area contributed by atoms with E-state index < -0.39 is 0 Å². The summed E-state index contributed by atoms with van der Waals surface area (Å²) >= 11 is 3.43. The standard InChI is InChI=1S/C13H15BrN2/c1-10-13(14)16-12(15-10)9-5-8-11-6-3-2-4-7-11/h2-4,6-7H,5,8-9H2,1H3,(H,15,16). The zero-order valence-corrected chi connectivity index (χ0v) is 10.9. The van der Waals surface area contributed by atoms with Crippen molar-refractivity contribution in [3.8, 4) is 0 Å². The van der Waals surface area contributed by atoms with Gasteiger partial charge in [0.15, 0.2) is 0 Å². The molecule has 1 aromatic heterocycles. The molecule has 84 valence electrons. The van der Waals surface area contributed by atoms with Gasteiger partial charge in [-0.3, -0.25) is 0 Å². The number of rotatable bonds is 4. The van der Waals surface area contributed by atoms with Crippen molar-refractivity contribution in [3.63, 3.8) is 0 Å². The van der Waals surface area contributed by atoms with Crippen LogP contribution in [0.15, 0.2) is 34.9 Å². The average Bonchev–Trinajstić information content (AvgIpc) is 2.60. The Hall–Kier alpha value is -1.09. The molecular formula is C13H15BrN2. The molecule has 0 aliphatic carbocycles. The van der Waals surface area contributed by atoms with E-state index in [-0.39, 0.29) is 0 Å². The van der Waals surface area contributed by atoms with Crippen LogP contribution in [0.4, 0.5) is 0 Å². The van der Waals surface area contributed by atoms with E-state index in [0.29, 0.717) is 0 Å². The molecule has 1 N–H and O–H groups in total. The molecule has 2 rings (SSSR count). The van der Waals surface area contributed by atoms with E-state index in [1.807, 2.05) is 6.92 Å². The van der Waals surface area contributed by atoms with Crippen LogP contribution in [0.25, 0.3) is 0 Å². The second-order valence-corrected chi connectivity index (χ2v) is 4.72. The van der Waals surface area contributed by atoms with Crippen LogP contribution in [-0.4, -0.2) is 9.97 Å². The molecule has 0 saturated carbocycles. The van der Waals surface area contributed by atoms with Crippen LogP contribution in [0.5, 0.6) is 0 Å². The van der Waals surface area contributed by atoms with Crippen molar-refractivity contribution in [2.45, 2.75) is 26.2 Å². The number of halogens is 1. The lowest BCUT2D eigenvalue weighted by Gasteiger charge is -1.99. The second-order valence-electron chi connectivity index (χ2n) is 3.92. The number of nitrogens with one attached hydrogen (secondary N) is 1. The molecule has 3 heteroatoms. The molecule has 2 aromatic rings. The molecule has 0 aliphatic rings. The maximum Gasteiger partial charge on any atom is 0.107 e. The van der Waals surface area contributed by atoms with Crippen molar-refractivity contribution in [3.05, 3.63) is 52.0 Å². The maximum atomic E-state index is 4.44. The van der Waals surface area contributed by atoms with Gasteiger partial charge in [0.2, 0.25) is 0 Å². The molecule has 0 bridgehead atoms. The fraction of sp³-hybridized carbons (Fsp3) is 0.308. The van der Waals surface area contributed by atoms with E-state index in [0.717, 1.165) is 35.4 Å². The Labute approximate surface area is 104 Å². The zero-order valence-electron chi connectivity index (χ0n) is 9.33. The van der Waals surface area contributed by atoms with Crippen LogP contribution < -0.4 is 0 Å². The number of benzene rings is 1. The highest BCUT2D eigenvalue weighted by atomic mass is 79.9. The summed E-state index contributed by atoms with van der Waals surface area (Å²) in [5.74, 6) is 1.07. The summed E-state index contributed by atoms with van der Waals surface area (Å²) in [6.45, 7) is 2.00. The predicted octanol–water partition coefficient (Wildman–Crippen LogP) is 3.66. The molecule has 0 unspecified atom stereocenters. The number of aromatic nitrogens is 2. The van der Waals surface area contributed by atoms with Crippen LogP contribution >= 0.6 is 15.9 Å². The Kier molecular flexibility index (Phi) is 3.78. The zero-order chi connectivity index (χ0) is 11.4. The van der Waals surface area contributed by atoms with Crippen molar-refractivity contribution in [1.29, 1.82) is 0 Å². The van der Waals surface area contributed by atoms with Gasteiger partial charge in [-0.15, -0.1) is 0 Å². The van der Waals surface area contributed by atoms with Gasteiger partial charge in [-0.25, -0.2) is 4.98 Å². The summed E-state index contributed by atoms with van der Waals surface area (Å²) in [7, 11) is 0. The summed E-state index contributed by atoms with van der Waals surface area (Å²) in [5.41, 5.74) is 2.43. The summed E-state index contributed by atoms with van der Waals surface area (Å²) < 4.78 is 1.00. The largest absolute Gasteiger partial charge is 0.337 e. The molecule has 0 atom stereocenters. The van der Waals surface area contributed by atoms with E-state index >= 15 is 0 Å². The minimum absolute atomic E-state index is 1.00. The summed E-state index contributed by atoms with van der Waals surface area (Å²) in [6.07, 6.45) is 3.24. The molecular weight excluding hydrogens is 264 g/mol. The Bertz CT molecular complexity index is 429. The van der Waals surface area contributed by atoms with E-state index in [1.54, 1.807) is 0 Å². The minimum Gasteiger partial charge on any atom is -0.337 e. The molecule has 0 aliphatic heterocycles. The van der Waals surface area contributed by atoms with Gasteiger partial charge in [-0.2, -0.15) is 0 Å². The first-order valence-corrected chi connectivity index (χ1v) is 6.30. The molecule has 0 spiro atoms. The summed E-state index contributed by atoms with van der Waals surface area (Å²) in [4.78, 5) is 7.68. The monoisotopic (exact) mass is 278 g/mol. The number of aryl methyl sites for hydroxylation is 3. The maximum absolute atomic E-state index is 4.44. The van der Waals surface area contributed by atoms with Crippen LogP contribution in [0.1, 0.15) is 23.5 Å². The van der Waals surface area contributed by atoms with Crippen molar-refractivity contribution < 1.29 is 0 Å². The Morgan fingerprint density at radius 2 is 1.94 bits per heavy atom. The fourth-order valence-electron chi connectivity index (χ4n) is 1.72. The van der Waals surface area contributed by atoms with Gasteiger partial charge >= 0.3 is 0 Å². The first-order valence-electron chi connectivity index (χ1n) is 5.50. The topological polar surface area (TPSA) is 28.7 Å². The molecule has 1 aromatic carbocycles. The highest BCUT2D eigenvalue weighted by Gasteiger charge is 2.03. The fourth-order valence-corrected chi connectivity index (χ4v) is 2.04. The lowest BCUT2D eigenvalue weighted by atomic mass is 10.1. The number of aromatic amines is 1. The number of hydrogen-bond donors (Lipinski definition) is 1.